The van der Waals surface area contributed by atoms with Crippen LogP contribution in [0, 0.1) is 39.7 Å². The monoisotopic (exact) mass is 289 g/mol. The minimum atomic E-state index is -0.615. The normalized spacial score (nSPS) is 9.00. The molecule has 0 saturated heterocycles. The van der Waals surface area contributed by atoms with Gasteiger partial charge in [0.2, 0.25) is 11.5 Å². The van der Waals surface area contributed by atoms with Crippen LogP contribution < -0.4 is 14.9 Å². The molecule has 0 amide bonds. The Morgan fingerprint density at radius 2 is 1.90 bits per heavy atom. The largest absolute Gasteiger partial charge is 0.494 e. The number of ether oxygens (including phenoxy) is 2. The molecule has 0 aromatic heterocycles. The standard InChI is InChI=1S/C12H11N5O4/c1-7-11(20-2)9(16-15-8(5-13)6-14)4-10(17(18)19)12(7)21-3/h4,16H,1-3H3. The van der Waals surface area contributed by atoms with Crippen molar-refractivity contribution in [3.63, 3.8) is 0 Å². The molecule has 1 N–H and O–H groups in total. The zero-order valence-corrected chi connectivity index (χ0v) is 11.5. The number of anilines is 1. The summed E-state index contributed by atoms with van der Waals surface area (Å²) in [6.07, 6.45) is 0. The highest BCUT2D eigenvalue weighted by atomic mass is 16.6. The van der Waals surface area contributed by atoms with E-state index in [4.69, 9.17) is 20.0 Å². The second-order valence-electron chi connectivity index (χ2n) is 3.69. The van der Waals surface area contributed by atoms with E-state index < -0.39 is 10.6 Å². The molecule has 0 heterocycles. The van der Waals surface area contributed by atoms with E-state index in [1.165, 1.54) is 14.2 Å². The summed E-state index contributed by atoms with van der Waals surface area (Å²) in [6, 6.07) is 4.28. The molecule has 0 unspecified atom stereocenters. The lowest BCUT2D eigenvalue weighted by Crippen LogP contribution is -2.03. The van der Waals surface area contributed by atoms with Crippen molar-refractivity contribution in [2.45, 2.75) is 6.92 Å². The topological polar surface area (TPSA) is 134 Å². The summed E-state index contributed by atoms with van der Waals surface area (Å²) in [4.78, 5) is 10.4. The minimum Gasteiger partial charge on any atom is -0.494 e. The van der Waals surface area contributed by atoms with E-state index in [0.717, 1.165) is 6.07 Å². The van der Waals surface area contributed by atoms with Gasteiger partial charge in [-0.3, -0.25) is 15.5 Å². The van der Waals surface area contributed by atoms with Crippen LogP contribution in [0.3, 0.4) is 0 Å². The van der Waals surface area contributed by atoms with Crippen LogP contribution in [0.5, 0.6) is 11.5 Å². The van der Waals surface area contributed by atoms with Gasteiger partial charge in [-0.05, 0) is 6.92 Å². The van der Waals surface area contributed by atoms with Crippen LogP contribution >= 0.6 is 0 Å². The summed E-state index contributed by atoms with van der Waals surface area (Å²) in [7, 11) is 2.68. The van der Waals surface area contributed by atoms with Crippen LogP contribution in [0.4, 0.5) is 11.4 Å². The molecule has 0 spiro atoms. The molecule has 0 aliphatic carbocycles. The number of hydrogen-bond donors (Lipinski definition) is 1. The van der Waals surface area contributed by atoms with E-state index >= 15 is 0 Å². The first-order valence-corrected chi connectivity index (χ1v) is 5.54. The van der Waals surface area contributed by atoms with E-state index in [9.17, 15) is 10.1 Å². The van der Waals surface area contributed by atoms with Crippen LogP contribution in [0.25, 0.3) is 0 Å². The fourth-order valence-corrected chi connectivity index (χ4v) is 1.70. The van der Waals surface area contributed by atoms with Gasteiger partial charge in [0.15, 0.2) is 5.75 Å². The van der Waals surface area contributed by atoms with Gasteiger partial charge in [0.05, 0.1) is 19.1 Å². The lowest BCUT2D eigenvalue weighted by Gasteiger charge is -2.14. The molecule has 0 fully saturated rings. The van der Waals surface area contributed by atoms with Crippen molar-refractivity contribution in [3.05, 3.63) is 21.7 Å². The van der Waals surface area contributed by atoms with Crippen LogP contribution in [-0.2, 0) is 0 Å². The van der Waals surface area contributed by atoms with Gasteiger partial charge in [-0.2, -0.15) is 15.6 Å². The smallest absolute Gasteiger partial charge is 0.313 e. The van der Waals surface area contributed by atoms with Crippen molar-refractivity contribution < 1.29 is 14.4 Å². The fraction of sp³-hybridized carbons (Fsp3) is 0.250. The van der Waals surface area contributed by atoms with Gasteiger partial charge in [0, 0.05) is 11.6 Å². The summed E-state index contributed by atoms with van der Waals surface area (Å²) in [5.74, 6) is 0.323. The molecule has 0 atom stereocenters. The Morgan fingerprint density at radius 1 is 1.33 bits per heavy atom. The Kier molecular flexibility index (Phi) is 5.04. The van der Waals surface area contributed by atoms with Crippen LogP contribution in [0.2, 0.25) is 0 Å². The zero-order valence-electron chi connectivity index (χ0n) is 11.5. The predicted octanol–water partition coefficient (Wildman–Crippen LogP) is 1.74. The predicted molar refractivity (Wildman–Crippen MR) is 73.2 cm³/mol. The third-order valence-electron chi connectivity index (χ3n) is 2.54. The number of hydrazone groups is 1. The summed E-state index contributed by atoms with van der Waals surface area (Å²) in [5, 5.41) is 31.8. The van der Waals surface area contributed by atoms with Gasteiger partial charge < -0.3 is 9.47 Å². The highest BCUT2D eigenvalue weighted by Gasteiger charge is 2.24. The van der Waals surface area contributed by atoms with Gasteiger partial charge in [0.1, 0.15) is 17.8 Å². The second kappa shape index (κ2) is 6.73. The molecule has 0 saturated carbocycles. The molecular formula is C12H11N5O4. The van der Waals surface area contributed by atoms with E-state index in [2.05, 4.69) is 10.5 Å². The number of nitro groups is 1. The third kappa shape index (κ3) is 3.16. The Morgan fingerprint density at radius 3 is 2.33 bits per heavy atom. The molecule has 108 valence electrons. The molecule has 9 heteroatoms. The van der Waals surface area contributed by atoms with Crippen LogP contribution in [0.1, 0.15) is 5.56 Å². The number of benzene rings is 1. The van der Waals surface area contributed by atoms with Crippen LogP contribution in [-0.4, -0.2) is 24.9 Å². The third-order valence-corrected chi connectivity index (χ3v) is 2.54. The quantitative estimate of drug-likeness (QED) is 0.495. The molecule has 21 heavy (non-hydrogen) atoms. The number of nitrogens with zero attached hydrogens (tertiary/aromatic N) is 4. The first-order chi connectivity index (χ1) is 9.99. The molecule has 1 rings (SSSR count). The van der Waals surface area contributed by atoms with Crippen molar-refractivity contribution in [2.24, 2.45) is 5.10 Å². The molecule has 1 aromatic rings. The number of rotatable bonds is 5. The molecule has 0 aliphatic heterocycles. The van der Waals surface area contributed by atoms with Crippen molar-refractivity contribution in [1.82, 2.24) is 0 Å². The van der Waals surface area contributed by atoms with Gasteiger partial charge in [-0.25, -0.2) is 0 Å². The Hall–Kier alpha value is -3.33. The Balaban J connectivity index is 3.46. The fourth-order valence-electron chi connectivity index (χ4n) is 1.70. The van der Waals surface area contributed by atoms with Crippen molar-refractivity contribution in [3.8, 4) is 23.6 Å². The Bertz CT molecular complexity index is 668. The molecule has 0 aliphatic rings. The van der Waals surface area contributed by atoms with Gasteiger partial charge >= 0.3 is 5.69 Å². The number of nitriles is 2. The summed E-state index contributed by atoms with van der Waals surface area (Å²) in [6.45, 7) is 1.58. The number of hydrogen-bond acceptors (Lipinski definition) is 8. The molecule has 1 aromatic carbocycles. The average Bonchev–Trinajstić information content (AvgIpc) is 2.47. The van der Waals surface area contributed by atoms with E-state index in [1.807, 2.05) is 0 Å². The van der Waals surface area contributed by atoms with E-state index in [-0.39, 0.29) is 22.9 Å². The van der Waals surface area contributed by atoms with Gasteiger partial charge in [0.25, 0.3) is 0 Å². The lowest BCUT2D eigenvalue weighted by molar-refractivity contribution is -0.385. The van der Waals surface area contributed by atoms with Gasteiger partial charge in [-0.1, -0.05) is 0 Å². The highest BCUT2D eigenvalue weighted by molar-refractivity contribution is 6.10. The second-order valence-corrected chi connectivity index (χ2v) is 3.69. The SMILES string of the molecule is COc1c(NN=C(C#N)C#N)cc([N+](=O)[O-])c(OC)c1C. The Labute approximate surface area is 120 Å². The lowest BCUT2D eigenvalue weighted by atomic mass is 10.1. The van der Waals surface area contributed by atoms with Gasteiger partial charge in [-0.15, -0.1) is 0 Å². The van der Waals surface area contributed by atoms with E-state index in [0.29, 0.717) is 5.56 Å². The van der Waals surface area contributed by atoms with E-state index in [1.54, 1.807) is 19.1 Å². The maximum atomic E-state index is 11.1. The zero-order chi connectivity index (χ0) is 16.0. The molecule has 0 bridgehead atoms. The van der Waals surface area contributed by atoms with Crippen molar-refractivity contribution in [1.29, 1.82) is 10.5 Å². The maximum absolute atomic E-state index is 11.1. The first-order valence-electron chi connectivity index (χ1n) is 5.54. The maximum Gasteiger partial charge on any atom is 0.313 e. The number of nitrogens with one attached hydrogen (secondary N) is 1. The highest BCUT2D eigenvalue weighted by Crippen LogP contribution is 2.42. The minimum absolute atomic E-state index is 0.0622. The first kappa shape index (κ1) is 15.7. The molecule has 0 radical (unpaired) electrons. The van der Waals surface area contributed by atoms with Crippen molar-refractivity contribution in [2.75, 3.05) is 19.6 Å². The summed E-state index contributed by atoms with van der Waals surface area (Å²) < 4.78 is 10.2. The summed E-state index contributed by atoms with van der Waals surface area (Å²) in [5.41, 5.74) is 2.24. The number of nitro benzene ring substituents is 1. The number of methoxy groups -OCH3 is 2. The molecule has 9 nitrogen and oxygen atoms in total. The summed E-state index contributed by atoms with van der Waals surface area (Å²) >= 11 is 0. The van der Waals surface area contributed by atoms with Crippen LogP contribution in [0.15, 0.2) is 11.2 Å². The van der Waals surface area contributed by atoms with Crippen molar-refractivity contribution >= 4 is 17.1 Å². The molecular weight excluding hydrogens is 278 g/mol. The average molecular weight is 289 g/mol.